The van der Waals surface area contributed by atoms with E-state index in [1.165, 1.54) is 23.1 Å². The van der Waals surface area contributed by atoms with Crippen LogP contribution in [-0.4, -0.2) is 34.5 Å². The van der Waals surface area contributed by atoms with E-state index in [2.05, 4.69) is 10.5 Å². The molecule has 1 saturated heterocycles. The molecule has 3 rings (SSSR count). The Bertz CT molecular complexity index is 744. The van der Waals surface area contributed by atoms with Crippen LogP contribution in [0.1, 0.15) is 29.0 Å². The minimum atomic E-state index is -0.595. The molecule has 0 spiro atoms. The van der Waals surface area contributed by atoms with E-state index in [1.807, 2.05) is 0 Å². The summed E-state index contributed by atoms with van der Waals surface area (Å²) in [6, 6.07) is 6.48. The van der Waals surface area contributed by atoms with Gasteiger partial charge in [0.1, 0.15) is 17.6 Å². The summed E-state index contributed by atoms with van der Waals surface area (Å²) in [6.07, 6.45) is 1.28. The molecule has 1 N–H and O–H groups in total. The Labute approximate surface area is 132 Å². The molecule has 2 heterocycles. The summed E-state index contributed by atoms with van der Waals surface area (Å²) in [5, 5.41) is 6.35. The molecule has 1 aromatic carbocycles. The van der Waals surface area contributed by atoms with Crippen LogP contribution in [-0.2, 0) is 4.79 Å². The number of carbonyl (C=O) groups is 2. The third-order valence-corrected chi connectivity index (χ3v) is 3.77. The molecule has 2 aromatic rings. The number of benzene rings is 1. The molecule has 1 aliphatic heterocycles. The minimum Gasteiger partial charge on any atom is -0.360 e. The maximum absolute atomic E-state index is 13.3. The van der Waals surface area contributed by atoms with Crippen molar-refractivity contribution in [3.63, 3.8) is 0 Å². The second kappa shape index (κ2) is 6.20. The first-order valence-corrected chi connectivity index (χ1v) is 7.35. The number of aryl methyl sites for hydroxylation is 1. The van der Waals surface area contributed by atoms with E-state index in [0.29, 0.717) is 24.5 Å². The molecule has 2 amide bonds. The van der Waals surface area contributed by atoms with Crippen LogP contribution in [0, 0.1) is 12.7 Å². The van der Waals surface area contributed by atoms with Crippen molar-refractivity contribution >= 4 is 17.6 Å². The standard InChI is InChI=1S/C16H16FN3O3/c1-10-8-14(19-23-10)18-15(21)13-6-3-7-20(13)16(22)11-4-2-5-12(17)9-11/h2,4-5,8-9,13H,3,6-7H2,1H3,(H,18,19,21). The molecular formula is C16H16FN3O3. The summed E-state index contributed by atoms with van der Waals surface area (Å²) >= 11 is 0. The summed E-state index contributed by atoms with van der Waals surface area (Å²) in [4.78, 5) is 26.4. The Morgan fingerprint density at radius 2 is 2.22 bits per heavy atom. The molecule has 0 bridgehead atoms. The fourth-order valence-electron chi connectivity index (χ4n) is 2.70. The summed E-state index contributed by atoms with van der Waals surface area (Å²) in [5.74, 6) is -0.245. The Balaban J connectivity index is 1.74. The number of nitrogens with one attached hydrogen (secondary N) is 1. The Morgan fingerprint density at radius 3 is 2.91 bits per heavy atom. The molecule has 0 aliphatic carbocycles. The fraction of sp³-hybridized carbons (Fsp3) is 0.312. The molecule has 23 heavy (non-hydrogen) atoms. The van der Waals surface area contributed by atoms with Gasteiger partial charge in [0.05, 0.1) is 0 Å². The van der Waals surface area contributed by atoms with Crippen molar-refractivity contribution in [2.45, 2.75) is 25.8 Å². The zero-order chi connectivity index (χ0) is 16.4. The van der Waals surface area contributed by atoms with E-state index in [9.17, 15) is 14.0 Å². The molecule has 0 saturated carbocycles. The minimum absolute atomic E-state index is 0.238. The number of amides is 2. The highest BCUT2D eigenvalue weighted by molar-refractivity contribution is 6.01. The molecule has 6 nitrogen and oxygen atoms in total. The van der Waals surface area contributed by atoms with Crippen molar-refractivity contribution < 1.29 is 18.5 Å². The van der Waals surface area contributed by atoms with Gasteiger partial charge in [-0.1, -0.05) is 11.2 Å². The number of aromatic nitrogens is 1. The van der Waals surface area contributed by atoms with Crippen molar-refractivity contribution in [2.75, 3.05) is 11.9 Å². The number of hydrogen-bond donors (Lipinski definition) is 1. The van der Waals surface area contributed by atoms with Crippen molar-refractivity contribution in [2.24, 2.45) is 0 Å². The summed E-state index contributed by atoms with van der Waals surface area (Å²) in [5.41, 5.74) is 0.238. The Hall–Kier alpha value is -2.70. The fourth-order valence-corrected chi connectivity index (χ4v) is 2.70. The second-order valence-electron chi connectivity index (χ2n) is 5.48. The lowest BCUT2D eigenvalue weighted by Crippen LogP contribution is -2.43. The number of nitrogens with zero attached hydrogens (tertiary/aromatic N) is 2. The van der Waals surface area contributed by atoms with Gasteiger partial charge in [-0.15, -0.1) is 0 Å². The van der Waals surface area contributed by atoms with Crippen molar-refractivity contribution in [3.05, 3.63) is 47.5 Å². The lowest BCUT2D eigenvalue weighted by Gasteiger charge is -2.23. The summed E-state index contributed by atoms with van der Waals surface area (Å²) < 4.78 is 18.2. The molecule has 0 radical (unpaired) electrons. The van der Waals surface area contributed by atoms with Gasteiger partial charge < -0.3 is 14.7 Å². The molecule has 1 aliphatic rings. The van der Waals surface area contributed by atoms with Gasteiger partial charge in [0.15, 0.2) is 5.82 Å². The molecule has 120 valence electrons. The van der Waals surface area contributed by atoms with Crippen LogP contribution in [0.15, 0.2) is 34.9 Å². The van der Waals surface area contributed by atoms with E-state index in [4.69, 9.17) is 4.52 Å². The highest BCUT2D eigenvalue weighted by Gasteiger charge is 2.35. The van der Waals surface area contributed by atoms with Crippen LogP contribution in [0.2, 0.25) is 0 Å². The topological polar surface area (TPSA) is 75.4 Å². The van der Waals surface area contributed by atoms with Crippen molar-refractivity contribution in [3.8, 4) is 0 Å². The smallest absolute Gasteiger partial charge is 0.254 e. The first-order valence-electron chi connectivity index (χ1n) is 7.35. The van der Waals surface area contributed by atoms with Gasteiger partial charge in [-0.25, -0.2) is 4.39 Å². The molecule has 1 atom stereocenters. The number of likely N-dealkylation sites (tertiary alicyclic amines) is 1. The lowest BCUT2D eigenvalue weighted by molar-refractivity contribution is -0.119. The second-order valence-corrected chi connectivity index (χ2v) is 5.48. The van der Waals surface area contributed by atoms with Gasteiger partial charge in [0.25, 0.3) is 5.91 Å². The zero-order valence-corrected chi connectivity index (χ0v) is 12.6. The molecular weight excluding hydrogens is 301 g/mol. The van der Waals surface area contributed by atoms with E-state index in [1.54, 1.807) is 19.1 Å². The van der Waals surface area contributed by atoms with Crippen molar-refractivity contribution in [1.29, 1.82) is 0 Å². The third kappa shape index (κ3) is 3.23. The van der Waals surface area contributed by atoms with Gasteiger partial charge >= 0.3 is 0 Å². The van der Waals surface area contributed by atoms with Gasteiger partial charge in [-0.3, -0.25) is 9.59 Å². The Kier molecular flexibility index (Phi) is 4.10. The number of hydrogen-bond acceptors (Lipinski definition) is 4. The number of carbonyl (C=O) groups excluding carboxylic acids is 2. The Morgan fingerprint density at radius 1 is 1.39 bits per heavy atom. The predicted molar refractivity (Wildman–Crippen MR) is 80.3 cm³/mol. The zero-order valence-electron chi connectivity index (χ0n) is 12.6. The van der Waals surface area contributed by atoms with Crippen LogP contribution in [0.4, 0.5) is 10.2 Å². The monoisotopic (exact) mass is 317 g/mol. The van der Waals surface area contributed by atoms with Crippen LogP contribution < -0.4 is 5.32 Å². The molecule has 1 aromatic heterocycles. The molecule has 1 fully saturated rings. The van der Waals surface area contributed by atoms with E-state index < -0.39 is 11.9 Å². The normalized spacial score (nSPS) is 17.3. The summed E-state index contributed by atoms with van der Waals surface area (Å²) in [7, 11) is 0. The van der Waals surface area contributed by atoms with Crippen LogP contribution in [0.3, 0.4) is 0 Å². The number of anilines is 1. The van der Waals surface area contributed by atoms with Crippen molar-refractivity contribution in [1.82, 2.24) is 10.1 Å². The maximum atomic E-state index is 13.3. The molecule has 7 heteroatoms. The first kappa shape index (κ1) is 15.2. The third-order valence-electron chi connectivity index (χ3n) is 3.77. The van der Waals surface area contributed by atoms with Gasteiger partial charge in [0.2, 0.25) is 5.91 Å². The molecule has 1 unspecified atom stereocenters. The maximum Gasteiger partial charge on any atom is 0.254 e. The van der Waals surface area contributed by atoms with Crippen LogP contribution in [0.25, 0.3) is 0 Å². The number of halogens is 1. The SMILES string of the molecule is Cc1cc(NC(=O)C2CCCN2C(=O)c2cccc(F)c2)no1. The average molecular weight is 317 g/mol. The highest BCUT2D eigenvalue weighted by atomic mass is 19.1. The first-order chi connectivity index (χ1) is 11.0. The summed E-state index contributed by atoms with van der Waals surface area (Å²) in [6.45, 7) is 2.18. The average Bonchev–Trinajstić information content (AvgIpc) is 3.15. The van der Waals surface area contributed by atoms with E-state index in [-0.39, 0.29) is 17.4 Å². The predicted octanol–water partition coefficient (Wildman–Crippen LogP) is 2.37. The van der Waals surface area contributed by atoms with E-state index >= 15 is 0 Å². The van der Waals surface area contributed by atoms with Crippen LogP contribution >= 0.6 is 0 Å². The lowest BCUT2D eigenvalue weighted by atomic mass is 10.1. The largest absolute Gasteiger partial charge is 0.360 e. The van der Waals surface area contributed by atoms with Gasteiger partial charge in [-0.05, 0) is 38.0 Å². The van der Waals surface area contributed by atoms with Gasteiger partial charge in [0, 0.05) is 18.2 Å². The highest BCUT2D eigenvalue weighted by Crippen LogP contribution is 2.22. The van der Waals surface area contributed by atoms with Gasteiger partial charge in [-0.2, -0.15) is 0 Å². The van der Waals surface area contributed by atoms with Crippen LogP contribution in [0.5, 0.6) is 0 Å². The quantitative estimate of drug-likeness (QED) is 0.943. The number of rotatable bonds is 3. The van der Waals surface area contributed by atoms with E-state index in [0.717, 1.165) is 6.42 Å².